The fourth-order valence-corrected chi connectivity index (χ4v) is 4.07. The summed E-state index contributed by atoms with van der Waals surface area (Å²) in [6.07, 6.45) is 8.45. The standard InChI is InChI=1S/C17H35NS/c1-5-11-18-17-10-9-15(14(3)4)13-16(17)8-7-12-19-6-2/h14-18H,5-13H2,1-4H3. The smallest absolute Gasteiger partial charge is 0.00955 e. The van der Waals surface area contributed by atoms with Crippen molar-refractivity contribution in [3.63, 3.8) is 0 Å². The molecule has 0 aromatic carbocycles. The average molecular weight is 286 g/mol. The van der Waals surface area contributed by atoms with Gasteiger partial charge in [-0.15, -0.1) is 0 Å². The summed E-state index contributed by atoms with van der Waals surface area (Å²) >= 11 is 2.10. The van der Waals surface area contributed by atoms with E-state index in [0.717, 1.165) is 23.8 Å². The molecule has 0 heterocycles. The topological polar surface area (TPSA) is 12.0 Å². The van der Waals surface area contributed by atoms with E-state index in [1.807, 2.05) is 0 Å². The maximum Gasteiger partial charge on any atom is 0.00955 e. The highest BCUT2D eigenvalue weighted by Gasteiger charge is 2.30. The summed E-state index contributed by atoms with van der Waals surface area (Å²) in [5.41, 5.74) is 0. The molecule has 19 heavy (non-hydrogen) atoms. The maximum absolute atomic E-state index is 3.81. The van der Waals surface area contributed by atoms with E-state index in [9.17, 15) is 0 Å². The Morgan fingerprint density at radius 1 is 1.21 bits per heavy atom. The molecular weight excluding hydrogens is 250 g/mol. The van der Waals surface area contributed by atoms with Gasteiger partial charge in [0.2, 0.25) is 0 Å². The number of thioether (sulfide) groups is 1. The molecule has 0 aliphatic heterocycles. The van der Waals surface area contributed by atoms with Gasteiger partial charge in [-0.25, -0.2) is 0 Å². The quantitative estimate of drug-likeness (QED) is 0.601. The van der Waals surface area contributed by atoms with Crippen LogP contribution in [-0.4, -0.2) is 24.1 Å². The van der Waals surface area contributed by atoms with Gasteiger partial charge >= 0.3 is 0 Å². The van der Waals surface area contributed by atoms with Crippen molar-refractivity contribution in [2.45, 2.75) is 72.3 Å². The molecule has 1 nitrogen and oxygen atoms in total. The van der Waals surface area contributed by atoms with Crippen LogP contribution >= 0.6 is 11.8 Å². The first-order valence-electron chi connectivity index (χ1n) is 8.50. The summed E-state index contributed by atoms with van der Waals surface area (Å²) in [7, 11) is 0. The van der Waals surface area contributed by atoms with Crippen LogP contribution in [0.5, 0.6) is 0 Å². The van der Waals surface area contributed by atoms with Crippen LogP contribution in [-0.2, 0) is 0 Å². The van der Waals surface area contributed by atoms with Gasteiger partial charge in [-0.05, 0) is 74.3 Å². The molecule has 1 N–H and O–H groups in total. The highest BCUT2D eigenvalue weighted by Crippen LogP contribution is 2.36. The summed E-state index contributed by atoms with van der Waals surface area (Å²) in [6.45, 7) is 10.6. The Hall–Kier alpha value is 0.310. The molecule has 3 unspecified atom stereocenters. The molecule has 2 heteroatoms. The van der Waals surface area contributed by atoms with E-state index < -0.39 is 0 Å². The molecule has 0 amide bonds. The largest absolute Gasteiger partial charge is 0.314 e. The summed E-state index contributed by atoms with van der Waals surface area (Å²) in [5, 5.41) is 3.81. The van der Waals surface area contributed by atoms with Crippen LogP contribution in [0.15, 0.2) is 0 Å². The number of rotatable bonds is 9. The average Bonchev–Trinajstić information content (AvgIpc) is 2.41. The van der Waals surface area contributed by atoms with Crippen molar-refractivity contribution in [3.05, 3.63) is 0 Å². The van der Waals surface area contributed by atoms with Crippen molar-refractivity contribution < 1.29 is 0 Å². The zero-order chi connectivity index (χ0) is 14.1. The van der Waals surface area contributed by atoms with Crippen molar-refractivity contribution >= 4 is 11.8 Å². The monoisotopic (exact) mass is 285 g/mol. The second-order valence-electron chi connectivity index (χ2n) is 6.48. The SMILES string of the molecule is CCCNC1CCC(C(C)C)CC1CCCSCC. The minimum atomic E-state index is 0.807. The maximum atomic E-state index is 3.81. The minimum absolute atomic E-state index is 0.807. The van der Waals surface area contributed by atoms with Gasteiger partial charge in [0.15, 0.2) is 0 Å². The van der Waals surface area contributed by atoms with Crippen LogP contribution in [0.1, 0.15) is 66.2 Å². The van der Waals surface area contributed by atoms with Crippen molar-refractivity contribution in [3.8, 4) is 0 Å². The second kappa shape index (κ2) is 10.1. The molecule has 0 radical (unpaired) electrons. The number of hydrogen-bond donors (Lipinski definition) is 1. The lowest BCUT2D eigenvalue weighted by atomic mass is 9.72. The highest BCUT2D eigenvalue weighted by molar-refractivity contribution is 7.99. The third kappa shape index (κ3) is 6.53. The molecule has 1 aliphatic carbocycles. The van der Waals surface area contributed by atoms with E-state index in [1.54, 1.807) is 0 Å². The van der Waals surface area contributed by atoms with Crippen LogP contribution in [0.25, 0.3) is 0 Å². The summed E-state index contributed by atoms with van der Waals surface area (Å²) < 4.78 is 0. The fraction of sp³-hybridized carbons (Fsp3) is 1.00. The zero-order valence-corrected chi connectivity index (χ0v) is 14.4. The van der Waals surface area contributed by atoms with Gasteiger partial charge in [0.05, 0.1) is 0 Å². The van der Waals surface area contributed by atoms with Crippen LogP contribution < -0.4 is 5.32 Å². The van der Waals surface area contributed by atoms with Crippen molar-refractivity contribution in [1.29, 1.82) is 0 Å². The minimum Gasteiger partial charge on any atom is -0.314 e. The predicted molar refractivity (Wildman–Crippen MR) is 90.0 cm³/mol. The number of hydrogen-bond acceptors (Lipinski definition) is 2. The molecule has 0 saturated heterocycles. The molecule has 1 saturated carbocycles. The fourth-order valence-electron chi connectivity index (χ4n) is 3.42. The van der Waals surface area contributed by atoms with Gasteiger partial charge in [0.1, 0.15) is 0 Å². The van der Waals surface area contributed by atoms with Crippen LogP contribution in [0, 0.1) is 17.8 Å². The molecule has 1 fully saturated rings. The molecular formula is C17H35NS. The highest BCUT2D eigenvalue weighted by atomic mass is 32.2. The van der Waals surface area contributed by atoms with E-state index in [2.05, 4.69) is 44.8 Å². The lowest BCUT2D eigenvalue weighted by Gasteiger charge is -2.38. The van der Waals surface area contributed by atoms with Crippen LogP contribution in [0.4, 0.5) is 0 Å². The zero-order valence-electron chi connectivity index (χ0n) is 13.6. The summed E-state index contributed by atoms with van der Waals surface area (Å²) in [6, 6.07) is 0.807. The van der Waals surface area contributed by atoms with E-state index in [0.29, 0.717) is 0 Å². The molecule has 1 rings (SSSR count). The third-order valence-electron chi connectivity index (χ3n) is 4.69. The van der Waals surface area contributed by atoms with Crippen LogP contribution in [0.3, 0.4) is 0 Å². The Morgan fingerprint density at radius 2 is 2.00 bits per heavy atom. The van der Waals surface area contributed by atoms with E-state index >= 15 is 0 Å². The number of nitrogens with one attached hydrogen (secondary N) is 1. The summed E-state index contributed by atoms with van der Waals surface area (Å²) in [4.78, 5) is 0. The normalized spacial score (nSPS) is 27.9. The van der Waals surface area contributed by atoms with E-state index in [-0.39, 0.29) is 0 Å². The lowest BCUT2D eigenvalue weighted by molar-refractivity contribution is 0.160. The third-order valence-corrected chi connectivity index (χ3v) is 5.68. The Kier molecular flexibility index (Phi) is 9.23. The van der Waals surface area contributed by atoms with Gasteiger partial charge < -0.3 is 5.32 Å². The predicted octanol–water partition coefficient (Wildman–Crippen LogP) is 4.96. The van der Waals surface area contributed by atoms with Gasteiger partial charge in [0, 0.05) is 6.04 Å². The Labute approximate surface area is 125 Å². The van der Waals surface area contributed by atoms with Crippen molar-refractivity contribution in [2.24, 2.45) is 17.8 Å². The first kappa shape index (κ1) is 17.4. The lowest BCUT2D eigenvalue weighted by Crippen LogP contribution is -2.41. The summed E-state index contributed by atoms with van der Waals surface area (Å²) in [5.74, 6) is 5.42. The Bertz CT molecular complexity index is 217. The van der Waals surface area contributed by atoms with Crippen molar-refractivity contribution in [1.82, 2.24) is 5.32 Å². The molecule has 0 spiro atoms. The second-order valence-corrected chi connectivity index (χ2v) is 7.87. The van der Waals surface area contributed by atoms with Crippen LogP contribution in [0.2, 0.25) is 0 Å². The van der Waals surface area contributed by atoms with Crippen molar-refractivity contribution in [2.75, 3.05) is 18.1 Å². The molecule has 114 valence electrons. The Morgan fingerprint density at radius 3 is 2.63 bits per heavy atom. The molecule has 0 bridgehead atoms. The van der Waals surface area contributed by atoms with Gasteiger partial charge in [0.25, 0.3) is 0 Å². The molecule has 0 aromatic heterocycles. The van der Waals surface area contributed by atoms with E-state index in [1.165, 1.54) is 56.6 Å². The van der Waals surface area contributed by atoms with E-state index in [4.69, 9.17) is 0 Å². The first-order chi connectivity index (χ1) is 9.19. The van der Waals surface area contributed by atoms with Gasteiger partial charge in [-0.2, -0.15) is 11.8 Å². The molecule has 3 atom stereocenters. The molecule has 1 aliphatic rings. The molecule has 0 aromatic rings. The Balaban J connectivity index is 2.40. The van der Waals surface area contributed by atoms with Gasteiger partial charge in [-0.1, -0.05) is 27.7 Å². The van der Waals surface area contributed by atoms with Gasteiger partial charge in [-0.3, -0.25) is 0 Å². The first-order valence-corrected chi connectivity index (χ1v) is 9.65.